The fraction of sp³-hybridized carbons (Fsp3) is 0.0714. The van der Waals surface area contributed by atoms with E-state index >= 15 is 0 Å². The van der Waals surface area contributed by atoms with E-state index in [9.17, 15) is 4.79 Å². The quantitative estimate of drug-likeness (QED) is 0.475. The van der Waals surface area contributed by atoms with Crippen molar-refractivity contribution in [3.8, 4) is 5.75 Å². The Morgan fingerprint density at radius 1 is 1.00 bits per heavy atom. The maximum atomic E-state index is 11.7. The van der Waals surface area contributed by atoms with Gasteiger partial charge in [0.2, 0.25) is 0 Å². The molecule has 0 aromatic heterocycles. The summed E-state index contributed by atoms with van der Waals surface area (Å²) < 4.78 is 5.15. The smallest absolute Gasteiger partial charge is 0.426 e. The summed E-state index contributed by atoms with van der Waals surface area (Å²) in [5.41, 5.74) is 1.23. The lowest BCUT2D eigenvalue weighted by molar-refractivity contribution is -0.133. The van der Waals surface area contributed by atoms with Crippen LogP contribution in [-0.2, 0) is 11.2 Å². The van der Waals surface area contributed by atoms with E-state index in [0.717, 1.165) is 5.56 Å². The first-order valence-corrected chi connectivity index (χ1v) is 5.86. The molecule has 0 unspecified atom stereocenters. The molecule has 2 aromatic rings. The van der Waals surface area contributed by atoms with Gasteiger partial charge in [-0.2, -0.15) is 0 Å². The Morgan fingerprint density at radius 2 is 1.63 bits per heavy atom. The lowest BCUT2D eigenvalue weighted by atomic mass is 9.80. The monoisotopic (exact) mass is 256 g/mol. The molecule has 0 aliphatic carbocycles. The number of hydrogen-bond donors (Lipinski definition) is 2. The number of benzene rings is 2. The first kappa shape index (κ1) is 13.3. The van der Waals surface area contributed by atoms with Gasteiger partial charge in [0.1, 0.15) is 5.75 Å². The maximum absolute atomic E-state index is 11.7. The van der Waals surface area contributed by atoms with Crippen LogP contribution in [0.3, 0.4) is 0 Å². The van der Waals surface area contributed by atoms with Crippen molar-refractivity contribution in [1.82, 2.24) is 0 Å². The van der Waals surface area contributed by atoms with Crippen LogP contribution in [0, 0.1) is 0 Å². The Morgan fingerprint density at radius 3 is 2.21 bits per heavy atom. The molecule has 2 aromatic carbocycles. The Kier molecular flexibility index (Phi) is 4.33. The van der Waals surface area contributed by atoms with Crippen LogP contribution >= 0.6 is 0 Å². The lowest BCUT2D eigenvalue weighted by Gasteiger charge is -2.05. The van der Waals surface area contributed by atoms with Gasteiger partial charge in [0, 0.05) is 0 Å². The van der Waals surface area contributed by atoms with Crippen molar-refractivity contribution < 1.29 is 19.6 Å². The number of hydrogen-bond acceptors (Lipinski definition) is 4. The molecule has 5 heteroatoms. The number of esters is 1. The van der Waals surface area contributed by atoms with Gasteiger partial charge in [-0.3, -0.25) is 4.79 Å². The molecule has 0 bridgehead atoms. The number of ether oxygens (including phenoxy) is 1. The van der Waals surface area contributed by atoms with Crippen molar-refractivity contribution in [2.24, 2.45) is 0 Å². The highest BCUT2D eigenvalue weighted by Crippen LogP contribution is 2.09. The highest BCUT2D eigenvalue weighted by Gasteiger charge is 2.11. The summed E-state index contributed by atoms with van der Waals surface area (Å²) >= 11 is 0. The molecule has 0 saturated carbocycles. The fourth-order valence-corrected chi connectivity index (χ4v) is 1.64. The van der Waals surface area contributed by atoms with Gasteiger partial charge in [-0.15, -0.1) is 0 Å². The van der Waals surface area contributed by atoms with Gasteiger partial charge in [-0.25, -0.2) is 0 Å². The van der Waals surface area contributed by atoms with Crippen LogP contribution in [0.15, 0.2) is 54.6 Å². The van der Waals surface area contributed by atoms with Gasteiger partial charge < -0.3 is 14.8 Å². The topological polar surface area (TPSA) is 66.8 Å². The molecule has 2 N–H and O–H groups in total. The van der Waals surface area contributed by atoms with Gasteiger partial charge in [0.25, 0.3) is 0 Å². The van der Waals surface area contributed by atoms with E-state index in [-0.39, 0.29) is 12.4 Å². The SMILES string of the molecule is O=C(Cc1ccccc1)Oc1ccc(B(O)O)cc1. The van der Waals surface area contributed by atoms with Crippen LogP contribution in [0.5, 0.6) is 5.75 Å². The molecular weight excluding hydrogens is 243 g/mol. The Balaban J connectivity index is 1.95. The van der Waals surface area contributed by atoms with Crippen molar-refractivity contribution in [2.45, 2.75) is 6.42 Å². The van der Waals surface area contributed by atoms with E-state index in [1.54, 1.807) is 0 Å². The van der Waals surface area contributed by atoms with Gasteiger partial charge in [0.15, 0.2) is 0 Å². The first-order valence-electron chi connectivity index (χ1n) is 5.86. The standard InChI is InChI=1S/C14H13BO4/c16-14(10-11-4-2-1-3-5-11)19-13-8-6-12(7-9-13)15(17)18/h1-9,17-18H,10H2. The second-order valence-corrected chi connectivity index (χ2v) is 4.08. The lowest BCUT2D eigenvalue weighted by Crippen LogP contribution is -2.29. The van der Waals surface area contributed by atoms with E-state index in [4.69, 9.17) is 14.8 Å². The Bertz CT molecular complexity index is 537. The summed E-state index contributed by atoms with van der Waals surface area (Å²) in [5.74, 6) is 0.0221. The third kappa shape index (κ3) is 3.94. The van der Waals surface area contributed by atoms with E-state index in [2.05, 4.69) is 0 Å². The molecule has 0 atom stereocenters. The third-order valence-electron chi connectivity index (χ3n) is 2.60. The zero-order chi connectivity index (χ0) is 13.7. The summed E-state index contributed by atoms with van der Waals surface area (Å²) in [7, 11) is -1.52. The van der Waals surface area contributed by atoms with Gasteiger partial charge in [0.05, 0.1) is 6.42 Å². The molecule has 96 valence electrons. The number of carbonyl (C=O) groups excluding carboxylic acids is 1. The average molecular weight is 256 g/mol. The molecule has 0 spiro atoms. The van der Waals surface area contributed by atoms with Gasteiger partial charge >= 0.3 is 13.1 Å². The van der Waals surface area contributed by atoms with Crippen molar-refractivity contribution >= 4 is 18.6 Å². The van der Waals surface area contributed by atoms with Crippen molar-refractivity contribution in [3.05, 3.63) is 60.2 Å². The fourth-order valence-electron chi connectivity index (χ4n) is 1.64. The third-order valence-corrected chi connectivity index (χ3v) is 2.60. The molecule has 0 saturated heterocycles. The van der Waals surface area contributed by atoms with E-state index in [0.29, 0.717) is 11.2 Å². The van der Waals surface area contributed by atoms with Crippen LogP contribution in [0.4, 0.5) is 0 Å². The normalized spacial score (nSPS) is 10.0. The minimum absolute atomic E-state index is 0.200. The summed E-state index contributed by atoms with van der Waals surface area (Å²) in [6.07, 6.45) is 0.200. The summed E-state index contributed by atoms with van der Waals surface area (Å²) in [6.45, 7) is 0. The molecule has 4 nitrogen and oxygen atoms in total. The Labute approximate surface area is 111 Å². The zero-order valence-corrected chi connectivity index (χ0v) is 10.2. The van der Waals surface area contributed by atoms with Crippen LogP contribution in [0.1, 0.15) is 5.56 Å². The highest BCUT2D eigenvalue weighted by atomic mass is 16.5. The number of carbonyl (C=O) groups is 1. The number of rotatable bonds is 4. The molecule has 0 fully saturated rings. The van der Waals surface area contributed by atoms with Gasteiger partial charge in [-0.1, -0.05) is 42.5 Å². The molecule has 0 amide bonds. The molecular formula is C14H13BO4. The molecule has 19 heavy (non-hydrogen) atoms. The molecule has 0 aliphatic rings. The van der Waals surface area contributed by atoms with E-state index < -0.39 is 7.12 Å². The summed E-state index contributed by atoms with van der Waals surface area (Å²) in [6, 6.07) is 15.4. The predicted octanol–water partition coefficient (Wildman–Crippen LogP) is 0.514. The second-order valence-electron chi connectivity index (χ2n) is 4.08. The van der Waals surface area contributed by atoms with Crippen LogP contribution in [0.25, 0.3) is 0 Å². The van der Waals surface area contributed by atoms with Crippen LogP contribution in [-0.4, -0.2) is 23.1 Å². The largest absolute Gasteiger partial charge is 0.488 e. The van der Waals surface area contributed by atoms with Crippen LogP contribution < -0.4 is 10.2 Å². The molecule has 0 heterocycles. The molecule has 0 aliphatic heterocycles. The van der Waals surface area contributed by atoms with Crippen molar-refractivity contribution in [1.29, 1.82) is 0 Å². The van der Waals surface area contributed by atoms with Crippen LogP contribution in [0.2, 0.25) is 0 Å². The van der Waals surface area contributed by atoms with Crippen molar-refractivity contribution in [3.63, 3.8) is 0 Å². The summed E-state index contributed by atoms with van der Waals surface area (Å²) in [4.78, 5) is 11.7. The zero-order valence-electron chi connectivity index (χ0n) is 10.2. The summed E-state index contributed by atoms with van der Waals surface area (Å²) in [5, 5.41) is 17.9. The van der Waals surface area contributed by atoms with Crippen molar-refractivity contribution in [2.75, 3.05) is 0 Å². The Hall–Kier alpha value is -2.11. The molecule has 2 rings (SSSR count). The van der Waals surface area contributed by atoms with Gasteiger partial charge in [-0.05, 0) is 23.2 Å². The first-order chi connectivity index (χ1) is 9.15. The van der Waals surface area contributed by atoms with E-state index in [1.165, 1.54) is 24.3 Å². The minimum Gasteiger partial charge on any atom is -0.426 e. The van der Waals surface area contributed by atoms with E-state index in [1.807, 2.05) is 30.3 Å². The maximum Gasteiger partial charge on any atom is 0.488 e. The second kappa shape index (κ2) is 6.18. The average Bonchev–Trinajstić information content (AvgIpc) is 2.40. The predicted molar refractivity (Wildman–Crippen MR) is 72.0 cm³/mol. The highest BCUT2D eigenvalue weighted by molar-refractivity contribution is 6.58. The minimum atomic E-state index is -1.52. The molecule has 0 radical (unpaired) electrons.